The van der Waals surface area contributed by atoms with Crippen molar-refractivity contribution in [3.63, 3.8) is 0 Å². The van der Waals surface area contributed by atoms with Crippen LogP contribution < -0.4 is 14.9 Å². The van der Waals surface area contributed by atoms with Crippen LogP contribution in [0.1, 0.15) is 15.9 Å². The SMILES string of the molecule is COc1cccc(C(=O)N/N=C/c2ccc(OC)c(O)c2)c1. The number of amides is 1. The van der Waals surface area contributed by atoms with E-state index in [1.807, 2.05) is 0 Å². The average Bonchev–Trinajstić information content (AvgIpc) is 2.55. The van der Waals surface area contributed by atoms with Gasteiger partial charge in [0.1, 0.15) is 5.75 Å². The van der Waals surface area contributed by atoms with Gasteiger partial charge in [-0.15, -0.1) is 0 Å². The molecule has 2 aromatic rings. The van der Waals surface area contributed by atoms with Gasteiger partial charge in [0.05, 0.1) is 20.4 Å². The van der Waals surface area contributed by atoms with E-state index in [-0.39, 0.29) is 11.7 Å². The Morgan fingerprint density at radius 3 is 2.68 bits per heavy atom. The highest BCUT2D eigenvalue weighted by molar-refractivity contribution is 5.95. The molecule has 0 saturated carbocycles. The Bertz CT molecular complexity index is 698. The summed E-state index contributed by atoms with van der Waals surface area (Å²) in [7, 11) is 3.00. The maximum absolute atomic E-state index is 11.9. The molecule has 0 atom stereocenters. The van der Waals surface area contributed by atoms with Gasteiger partial charge in [-0.2, -0.15) is 5.10 Å². The van der Waals surface area contributed by atoms with Crippen molar-refractivity contribution in [3.05, 3.63) is 53.6 Å². The normalized spacial score (nSPS) is 10.5. The number of aromatic hydroxyl groups is 1. The summed E-state index contributed by atoms with van der Waals surface area (Å²) in [5.74, 6) is 0.618. The van der Waals surface area contributed by atoms with Crippen LogP contribution in [-0.4, -0.2) is 31.4 Å². The van der Waals surface area contributed by atoms with E-state index in [4.69, 9.17) is 9.47 Å². The first kappa shape index (κ1) is 15.4. The predicted octanol–water partition coefficient (Wildman–Crippen LogP) is 2.17. The van der Waals surface area contributed by atoms with Crippen LogP contribution >= 0.6 is 0 Å². The fourth-order valence-corrected chi connectivity index (χ4v) is 1.78. The van der Waals surface area contributed by atoms with Gasteiger partial charge in [0.2, 0.25) is 0 Å². The van der Waals surface area contributed by atoms with Gasteiger partial charge in [-0.25, -0.2) is 5.43 Å². The molecule has 0 fully saturated rings. The van der Waals surface area contributed by atoms with Crippen molar-refractivity contribution in [2.75, 3.05) is 14.2 Å². The van der Waals surface area contributed by atoms with Crippen LogP contribution in [0.15, 0.2) is 47.6 Å². The smallest absolute Gasteiger partial charge is 0.271 e. The Morgan fingerprint density at radius 2 is 2.00 bits per heavy atom. The lowest BCUT2D eigenvalue weighted by Gasteiger charge is -2.04. The number of carbonyl (C=O) groups is 1. The highest BCUT2D eigenvalue weighted by Crippen LogP contribution is 2.25. The number of phenols is 1. The van der Waals surface area contributed by atoms with E-state index in [1.54, 1.807) is 36.4 Å². The lowest BCUT2D eigenvalue weighted by Crippen LogP contribution is -2.17. The first-order valence-electron chi connectivity index (χ1n) is 6.48. The minimum Gasteiger partial charge on any atom is -0.504 e. The first-order valence-corrected chi connectivity index (χ1v) is 6.48. The van der Waals surface area contributed by atoms with E-state index in [0.717, 1.165) is 0 Å². The van der Waals surface area contributed by atoms with Gasteiger partial charge in [-0.05, 0) is 42.0 Å². The molecule has 2 N–H and O–H groups in total. The van der Waals surface area contributed by atoms with Crippen LogP contribution in [0.4, 0.5) is 0 Å². The van der Waals surface area contributed by atoms with Crippen LogP contribution in [0, 0.1) is 0 Å². The Morgan fingerprint density at radius 1 is 1.18 bits per heavy atom. The molecule has 0 saturated heterocycles. The number of ether oxygens (including phenoxy) is 2. The van der Waals surface area contributed by atoms with Gasteiger partial charge < -0.3 is 14.6 Å². The number of benzene rings is 2. The van der Waals surface area contributed by atoms with E-state index < -0.39 is 0 Å². The van der Waals surface area contributed by atoms with Crippen molar-refractivity contribution in [1.29, 1.82) is 0 Å². The zero-order valence-electron chi connectivity index (χ0n) is 12.2. The topological polar surface area (TPSA) is 80.2 Å². The third-order valence-corrected chi connectivity index (χ3v) is 2.91. The highest BCUT2D eigenvalue weighted by atomic mass is 16.5. The number of nitrogens with one attached hydrogen (secondary N) is 1. The Kier molecular flexibility index (Phi) is 4.98. The molecule has 0 unspecified atom stereocenters. The van der Waals surface area contributed by atoms with E-state index in [1.165, 1.54) is 26.5 Å². The molecule has 0 aliphatic heterocycles. The number of carbonyl (C=O) groups excluding carboxylic acids is 1. The zero-order chi connectivity index (χ0) is 15.9. The quantitative estimate of drug-likeness (QED) is 0.655. The van der Waals surface area contributed by atoms with E-state index in [2.05, 4.69) is 10.5 Å². The summed E-state index contributed by atoms with van der Waals surface area (Å²) in [6.07, 6.45) is 1.43. The van der Waals surface area contributed by atoms with Crippen LogP contribution in [0.5, 0.6) is 17.2 Å². The molecule has 6 nitrogen and oxygen atoms in total. The molecule has 1 amide bonds. The largest absolute Gasteiger partial charge is 0.504 e. The third kappa shape index (κ3) is 3.76. The molecule has 0 aliphatic rings. The molecule has 0 radical (unpaired) electrons. The Labute approximate surface area is 128 Å². The predicted molar refractivity (Wildman–Crippen MR) is 82.7 cm³/mol. The second-order valence-electron chi connectivity index (χ2n) is 4.36. The number of hydrogen-bond donors (Lipinski definition) is 2. The van der Waals surface area contributed by atoms with E-state index in [0.29, 0.717) is 22.6 Å². The van der Waals surface area contributed by atoms with Crippen LogP contribution in [0.25, 0.3) is 0 Å². The van der Waals surface area contributed by atoms with Crippen molar-refractivity contribution in [3.8, 4) is 17.2 Å². The number of rotatable bonds is 5. The summed E-state index contributed by atoms with van der Waals surface area (Å²) in [5, 5.41) is 13.5. The molecule has 22 heavy (non-hydrogen) atoms. The fraction of sp³-hybridized carbons (Fsp3) is 0.125. The lowest BCUT2D eigenvalue weighted by molar-refractivity contribution is 0.0955. The number of nitrogens with zero attached hydrogens (tertiary/aromatic N) is 1. The number of methoxy groups -OCH3 is 2. The van der Waals surface area contributed by atoms with Crippen LogP contribution in [0.3, 0.4) is 0 Å². The summed E-state index contributed by atoms with van der Waals surface area (Å²) >= 11 is 0. The molecule has 6 heteroatoms. The first-order chi connectivity index (χ1) is 10.6. The van der Waals surface area contributed by atoms with Gasteiger partial charge >= 0.3 is 0 Å². The third-order valence-electron chi connectivity index (χ3n) is 2.91. The monoisotopic (exact) mass is 300 g/mol. The molecule has 2 rings (SSSR count). The molecule has 114 valence electrons. The van der Waals surface area contributed by atoms with Crippen LogP contribution in [-0.2, 0) is 0 Å². The summed E-state index contributed by atoms with van der Waals surface area (Å²) in [6, 6.07) is 11.6. The van der Waals surface area contributed by atoms with Crippen LogP contribution in [0.2, 0.25) is 0 Å². The molecule has 0 heterocycles. The van der Waals surface area contributed by atoms with E-state index in [9.17, 15) is 9.90 Å². The maximum atomic E-state index is 11.9. The highest BCUT2D eigenvalue weighted by Gasteiger charge is 2.05. The lowest BCUT2D eigenvalue weighted by atomic mass is 10.2. The number of phenolic OH excluding ortho intramolecular Hbond substituents is 1. The second kappa shape index (κ2) is 7.12. The Hall–Kier alpha value is -3.02. The number of hydrogen-bond acceptors (Lipinski definition) is 5. The van der Waals surface area contributed by atoms with Crippen molar-refractivity contribution < 1.29 is 19.4 Å². The molecule has 0 aliphatic carbocycles. The van der Waals surface area contributed by atoms with E-state index >= 15 is 0 Å². The van der Waals surface area contributed by atoms with Gasteiger partial charge in [-0.1, -0.05) is 6.07 Å². The Balaban J connectivity index is 2.02. The zero-order valence-corrected chi connectivity index (χ0v) is 12.2. The van der Waals surface area contributed by atoms with Crippen molar-refractivity contribution in [1.82, 2.24) is 5.43 Å². The standard InChI is InChI=1S/C16H16N2O4/c1-21-13-5-3-4-12(9-13)16(20)18-17-10-11-6-7-15(22-2)14(19)8-11/h3-10,19H,1-2H3,(H,18,20)/b17-10+. The minimum absolute atomic E-state index is 0.00516. The summed E-state index contributed by atoms with van der Waals surface area (Å²) in [5.41, 5.74) is 3.48. The summed E-state index contributed by atoms with van der Waals surface area (Å²) < 4.78 is 10.0. The molecule has 0 aromatic heterocycles. The molecule has 0 bridgehead atoms. The molecule has 0 spiro atoms. The van der Waals surface area contributed by atoms with Crippen molar-refractivity contribution >= 4 is 12.1 Å². The molecule has 2 aromatic carbocycles. The van der Waals surface area contributed by atoms with Gasteiger partial charge in [0, 0.05) is 5.56 Å². The van der Waals surface area contributed by atoms with Crippen molar-refractivity contribution in [2.24, 2.45) is 5.10 Å². The number of hydrazone groups is 1. The van der Waals surface area contributed by atoms with Crippen molar-refractivity contribution in [2.45, 2.75) is 0 Å². The van der Waals surface area contributed by atoms with Gasteiger partial charge in [-0.3, -0.25) is 4.79 Å². The van der Waals surface area contributed by atoms with Gasteiger partial charge in [0.15, 0.2) is 11.5 Å². The minimum atomic E-state index is -0.354. The average molecular weight is 300 g/mol. The molecular weight excluding hydrogens is 284 g/mol. The summed E-state index contributed by atoms with van der Waals surface area (Å²) in [4.78, 5) is 11.9. The van der Waals surface area contributed by atoms with Gasteiger partial charge in [0.25, 0.3) is 5.91 Å². The maximum Gasteiger partial charge on any atom is 0.271 e. The summed E-state index contributed by atoms with van der Waals surface area (Å²) in [6.45, 7) is 0. The second-order valence-corrected chi connectivity index (χ2v) is 4.36. The fourth-order valence-electron chi connectivity index (χ4n) is 1.78. The molecular formula is C16H16N2O4.